The van der Waals surface area contributed by atoms with Crippen molar-refractivity contribution in [3.05, 3.63) is 47.4 Å². The van der Waals surface area contributed by atoms with Crippen LogP contribution in [0.5, 0.6) is 0 Å². The number of nitrogens with two attached hydrogens (primary N) is 1. The Morgan fingerprint density at radius 1 is 1.20 bits per heavy atom. The maximum Gasteiger partial charge on any atom is 0.271 e. The van der Waals surface area contributed by atoms with Gasteiger partial charge in [0.25, 0.3) is 5.91 Å². The predicted molar refractivity (Wildman–Crippen MR) is 93.7 cm³/mol. The number of nitrogens with one attached hydrogen (secondary N) is 1. The van der Waals surface area contributed by atoms with Crippen molar-refractivity contribution in [3.63, 3.8) is 0 Å². The smallest absolute Gasteiger partial charge is 0.271 e. The van der Waals surface area contributed by atoms with E-state index >= 15 is 0 Å². The van der Waals surface area contributed by atoms with Gasteiger partial charge in [0, 0.05) is 17.8 Å². The fraction of sp³-hybridized carbons (Fsp3) is 0.0667. The van der Waals surface area contributed by atoms with E-state index in [-0.39, 0.29) is 16.3 Å². The van der Waals surface area contributed by atoms with E-state index in [4.69, 9.17) is 17.3 Å². The molecule has 3 rings (SSSR count). The van der Waals surface area contributed by atoms with E-state index in [1.165, 1.54) is 30.6 Å². The largest absolute Gasteiger partial charge is 0.364 e. The van der Waals surface area contributed by atoms with Crippen molar-refractivity contribution in [1.29, 1.82) is 0 Å². The lowest BCUT2D eigenvalue weighted by Crippen LogP contribution is -2.16. The van der Waals surface area contributed by atoms with Crippen LogP contribution >= 0.6 is 11.6 Å². The highest BCUT2D eigenvalue weighted by Gasteiger charge is 2.18. The second-order valence-electron chi connectivity index (χ2n) is 5.26. The lowest BCUT2D eigenvalue weighted by atomic mass is 10.1. The predicted octanol–water partition coefficient (Wildman–Crippen LogP) is 1.92. The van der Waals surface area contributed by atoms with E-state index in [9.17, 15) is 13.2 Å². The molecule has 0 saturated heterocycles. The molecule has 2 aromatic heterocycles. The molecule has 1 amide bonds. The summed E-state index contributed by atoms with van der Waals surface area (Å²) in [7, 11) is -3.45. The van der Waals surface area contributed by atoms with Gasteiger partial charge in [-0.15, -0.1) is 10.2 Å². The lowest BCUT2D eigenvalue weighted by molar-refractivity contribution is 0.0995. The van der Waals surface area contributed by atoms with Gasteiger partial charge in [0.05, 0.1) is 33.0 Å². The Morgan fingerprint density at radius 2 is 1.96 bits per heavy atom. The lowest BCUT2D eigenvalue weighted by Gasteiger charge is -2.12. The molecule has 0 aliphatic carbocycles. The third-order valence-corrected chi connectivity index (χ3v) is 4.68. The number of carbonyl (C=O) groups is 1. The normalized spacial score (nSPS) is 11.4. The van der Waals surface area contributed by atoms with Crippen LogP contribution in [0.3, 0.4) is 0 Å². The molecule has 0 atom stereocenters. The highest BCUT2D eigenvalue weighted by Crippen LogP contribution is 2.30. The van der Waals surface area contributed by atoms with E-state index in [1.807, 2.05) is 0 Å². The molecule has 0 radical (unpaired) electrons. The summed E-state index contributed by atoms with van der Waals surface area (Å²) in [6, 6.07) is 5.92. The minimum absolute atomic E-state index is 0.0793. The summed E-state index contributed by atoms with van der Waals surface area (Å²) in [4.78, 5) is 15.8. The van der Waals surface area contributed by atoms with E-state index in [0.717, 1.165) is 6.26 Å². The number of anilines is 2. The summed E-state index contributed by atoms with van der Waals surface area (Å²) in [5, 5.41) is 11.5. The number of aromatic nitrogens is 3. The van der Waals surface area contributed by atoms with Gasteiger partial charge in [0.2, 0.25) is 0 Å². The Balaban J connectivity index is 2.28. The van der Waals surface area contributed by atoms with Crippen molar-refractivity contribution in [1.82, 2.24) is 15.2 Å². The van der Waals surface area contributed by atoms with Gasteiger partial charge in [-0.1, -0.05) is 11.6 Å². The molecule has 3 aromatic rings. The SMILES string of the molecule is CS(=O)(=O)c1ccc2nnc(C(N)=O)c(Nc3cncc(Cl)c3)c2c1. The molecular weight excluding hydrogens is 366 g/mol. The number of pyridine rings is 1. The monoisotopic (exact) mass is 377 g/mol. The van der Waals surface area contributed by atoms with Gasteiger partial charge < -0.3 is 11.1 Å². The van der Waals surface area contributed by atoms with Crippen molar-refractivity contribution >= 4 is 49.6 Å². The molecule has 0 unspecified atom stereocenters. The number of benzene rings is 1. The quantitative estimate of drug-likeness (QED) is 0.710. The van der Waals surface area contributed by atoms with Gasteiger partial charge in [-0.2, -0.15) is 0 Å². The van der Waals surface area contributed by atoms with Gasteiger partial charge in [-0.25, -0.2) is 8.42 Å². The van der Waals surface area contributed by atoms with Crippen LogP contribution in [0.2, 0.25) is 5.02 Å². The first-order valence-electron chi connectivity index (χ1n) is 6.93. The number of fused-ring (bicyclic) bond motifs is 1. The van der Waals surface area contributed by atoms with E-state index < -0.39 is 15.7 Å². The first-order valence-corrected chi connectivity index (χ1v) is 9.20. The number of nitrogens with zero attached hydrogens (tertiary/aromatic N) is 3. The Morgan fingerprint density at radius 3 is 2.60 bits per heavy atom. The van der Waals surface area contributed by atoms with Gasteiger partial charge in [0.1, 0.15) is 0 Å². The number of hydrogen-bond donors (Lipinski definition) is 2. The van der Waals surface area contributed by atoms with Crippen LogP contribution in [0.1, 0.15) is 10.5 Å². The molecule has 0 fully saturated rings. The molecular formula is C15H12ClN5O3S. The number of amides is 1. The first kappa shape index (κ1) is 17.1. The van der Waals surface area contributed by atoms with Crippen LogP contribution in [0.25, 0.3) is 10.9 Å². The summed E-state index contributed by atoms with van der Waals surface area (Å²) in [6.45, 7) is 0. The minimum Gasteiger partial charge on any atom is -0.364 e. The van der Waals surface area contributed by atoms with Crippen molar-refractivity contribution in [2.24, 2.45) is 5.73 Å². The third kappa shape index (κ3) is 3.52. The average molecular weight is 378 g/mol. The Kier molecular flexibility index (Phi) is 4.27. The van der Waals surface area contributed by atoms with E-state index in [0.29, 0.717) is 21.6 Å². The van der Waals surface area contributed by atoms with Crippen LogP contribution in [0.4, 0.5) is 11.4 Å². The second-order valence-corrected chi connectivity index (χ2v) is 7.71. The Bertz CT molecular complexity index is 1100. The van der Waals surface area contributed by atoms with Crippen molar-refractivity contribution in [2.45, 2.75) is 4.90 Å². The standard InChI is InChI=1S/C15H12ClN5O3S/c1-25(23,24)10-2-3-12-11(5-10)13(14(15(17)22)21-20-12)19-9-4-8(16)6-18-7-9/h2-7H,1H3,(H2,17,22)(H,19,20). The van der Waals surface area contributed by atoms with Crippen LogP contribution < -0.4 is 11.1 Å². The molecule has 0 aliphatic heterocycles. The summed E-state index contributed by atoms with van der Waals surface area (Å²) >= 11 is 5.92. The fourth-order valence-corrected chi connectivity index (χ4v) is 3.06. The van der Waals surface area contributed by atoms with Crippen LogP contribution in [-0.2, 0) is 9.84 Å². The Labute approximate surface area is 148 Å². The number of halogens is 1. The van der Waals surface area contributed by atoms with Crippen molar-refractivity contribution in [2.75, 3.05) is 11.6 Å². The number of sulfone groups is 1. The highest BCUT2D eigenvalue weighted by atomic mass is 35.5. The maximum atomic E-state index is 11.8. The van der Waals surface area contributed by atoms with E-state index in [2.05, 4.69) is 20.5 Å². The zero-order valence-corrected chi connectivity index (χ0v) is 14.5. The van der Waals surface area contributed by atoms with Crippen LogP contribution in [-0.4, -0.2) is 35.8 Å². The summed E-state index contributed by atoms with van der Waals surface area (Å²) in [5.41, 5.74) is 6.35. The number of rotatable bonds is 4. The summed E-state index contributed by atoms with van der Waals surface area (Å²) in [5.74, 6) is -0.809. The van der Waals surface area contributed by atoms with Gasteiger partial charge in [-0.3, -0.25) is 9.78 Å². The highest BCUT2D eigenvalue weighted by molar-refractivity contribution is 7.90. The molecule has 8 nitrogen and oxygen atoms in total. The zero-order valence-electron chi connectivity index (χ0n) is 12.9. The third-order valence-electron chi connectivity index (χ3n) is 3.37. The second kappa shape index (κ2) is 6.26. The molecule has 0 aliphatic rings. The summed E-state index contributed by atoms with van der Waals surface area (Å²) in [6.07, 6.45) is 4.03. The maximum absolute atomic E-state index is 11.8. The molecule has 1 aromatic carbocycles. The average Bonchev–Trinajstić information content (AvgIpc) is 2.53. The molecule has 2 heterocycles. The fourth-order valence-electron chi connectivity index (χ4n) is 2.24. The molecule has 3 N–H and O–H groups in total. The Hall–Kier alpha value is -2.78. The van der Waals surface area contributed by atoms with Crippen LogP contribution in [0, 0.1) is 0 Å². The van der Waals surface area contributed by atoms with Crippen molar-refractivity contribution < 1.29 is 13.2 Å². The van der Waals surface area contributed by atoms with E-state index in [1.54, 1.807) is 6.07 Å². The molecule has 128 valence electrons. The molecule has 25 heavy (non-hydrogen) atoms. The number of hydrogen-bond acceptors (Lipinski definition) is 7. The van der Waals surface area contributed by atoms with Gasteiger partial charge >= 0.3 is 0 Å². The van der Waals surface area contributed by atoms with Crippen LogP contribution in [0.15, 0.2) is 41.6 Å². The number of carbonyl (C=O) groups excluding carboxylic acids is 1. The summed E-state index contributed by atoms with van der Waals surface area (Å²) < 4.78 is 23.7. The molecule has 0 spiro atoms. The molecule has 10 heteroatoms. The number of primary amides is 1. The minimum atomic E-state index is -3.45. The topological polar surface area (TPSA) is 128 Å². The molecule has 0 saturated carbocycles. The van der Waals surface area contributed by atoms with Crippen molar-refractivity contribution in [3.8, 4) is 0 Å². The van der Waals surface area contributed by atoms with Gasteiger partial charge in [-0.05, 0) is 24.3 Å². The first-order chi connectivity index (χ1) is 11.8. The van der Waals surface area contributed by atoms with Gasteiger partial charge in [0.15, 0.2) is 15.5 Å². The molecule has 0 bridgehead atoms. The zero-order chi connectivity index (χ0) is 18.2.